The second kappa shape index (κ2) is 6.68. The predicted octanol–water partition coefficient (Wildman–Crippen LogP) is 3.26. The molecule has 4 rings (SSSR count). The van der Waals surface area contributed by atoms with Crippen molar-refractivity contribution in [3.8, 4) is 17.2 Å². The van der Waals surface area contributed by atoms with Crippen molar-refractivity contribution in [1.82, 2.24) is 19.7 Å². The third-order valence-electron chi connectivity index (χ3n) is 4.44. The van der Waals surface area contributed by atoms with Gasteiger partial charge in [-0.1, -0.05) is 24.3 Å². The van der Waals surface area contributed by atoms with E-state index in [1.54, 1.807) is 6.07 Å². The summed E-state index contributed by atoms with van der Waals surface area (Å²) in [5.74, 6) is 0.253. The predicted molar refractivity (Wildman–Crippen MR) is 97.3 cm³/mol. The minimum Gasteiger partial charge on any atom is -0.396 e. The Bertz CT molecular complexity index is 1150. The molecule has 144 valence electrons. The zero-order valence-electron chi connectivity index (χ0n) is 14.4. The molecule has 0 atom stereocenters. The van der Waals surface area contributed by atoms with E-state index in [0.717, 1.165) is 17.6 Å². The largest absolute Gasteiger partial charge is 0.416 e. The highest BCUT2D eigenvalue weighted by molar-refractivity contribution is 5.76. The highest BCUT2D eigenvalue weighted by Gasteiger charge is 2.30. The van der Waals surface area contributed by atoms with Crippen LogP contribution in [0.15, 0.2) is 53.3 Å². The molecule has 0 fully saturated rings. The van der Waals surface area contributed by atoms with Crippen molar-refractivity contribution < 1.29 is 18.3 Å². The molecule has 28 heavy (non-hydrogen) atoms. The molecule has 9 heteroatoms. The maximum Gasteiger partial charge on any atom is 0.416 e. The average Bonchev–Trinajstić information content (AvgIpc) is 3.23. The number of benzene rings is 2. The number of imidazole rings is 1. The molecule has 2 heterocycles. The molecule has 0 aliphatic carbocycles. The fourth-order valence-electron chi connectivity index (χ4n) is 3.07. The van der Waals surface area contributed by atoms with Crippen LogP contribution in [0.4, 0.5) is 13.2 Å². The van der Waals surface area contributed by atoms with E-state index in [4.69, 9.17) is 0 Å². The van der Waals surface area contributed by atoms with E-state index in [1.807, 2.05) is 18.2 Å². The fraction of sp³-hybridized carbons (Fsp3) is 0.158. The standard InChI is InChI=1S/C19H15F3N4O2/c20-19(21,22)12-7-5-11(6-8-12)16-13(9-10-27)17(28)26(25-16)18-23-14-3-1-2-4-15(14)24-18/h1-8,25,27H,9-10H2,(H,23,24). The van der Waals surface area contributed by atoms with Gasteiger partial charge in [0.2, 0.25) is 5.95 Å². The van der Waals surface area contributed by atoms with Gasteiger partial charge >= 0.3 is 6.18 Å². The zero-order valence-corrected chi connectivity index (χ0v) is 14.4. The summed E-state index contributed by atoms with van der Waals surface area (Å²) in [4.78, 5) is 20.2. The second-order valence-corrected chi connectivity index (χ2v) is 6.23. The number of aromatic nitrogens is 4. The topological polar surface area (TPSA) is 86.7 Å². The van der Waals surface area contributed by atoms with Gasteiger partial charge in [0.15, 0.2) is 0 Å². The van der Waals surface area contributed by atoms with Gasteiger partial charge in [-0.15, -0.1) is 0 Å². The summed E-state index contributed by atoms with van der Waals surface area (Å²) in [6.07, 6.45) is -4.39. The summed E-state index contributed by atoms with van der Waals surface area (Å²) >= 11 is 0. The Morgan fingerprint density at radius 1 is 1.07 bits per heavy atom. The lowest BCUT2D eigenvalue weighted by molar-refractivity contribution is -0.137. The first-order chi connectivity index (χ1) is 13.4. The molecule has 4 aromatic rings. The molecule has 0 saturated heterocycles. The number of halogens is 3. The van der Waals surface area contributed by atoms with Gasteiger partial charge in [-0.25, -0.2) is 4.98 Å². The number of hydrogen-bond donors (Lipinski definition) is 3. The minimum absolute atomic E-state index is 0.0545. The first-order valence-corrected chi connectivity index (χ1v) is 8.46. The lowest BCUT2D eigenvalue weighted by Crippen LogP contribution is -2.19. The number of fused-ring (bicyclic) bond motifs is 1. The monoisotopic (exact) mass is 388 g/mol. The summed E-state index contributed by atoms with van der Waals surface area (Å²) in [5.41, 5.74) is 1.21. The zero-order chi connectivity index (χ0) is 19.9. The normalized spacial score (nSPS) is 12.0. The number of alkyl halides is 3. The lowest BCUT2D eigenvalue weighted by Gasteiger charge is -2.07. The smallest absolute Gasteiger partial charge is 0.396 e. The van der Waals surface area contributed by atoms with Crippen molar-refractivity contribution >= 4 is 11.0 Å². The number of hydrogen-bond acceptors (Lipinski definition) is 3. The first-order valence-electron chi connectivity index (χ1n) is 8.46. The van der Waals surface area contributed by atoms with E-state index in [1.165, 1.54) is 16.8 Å². The number of aliphatic hydroxyl groups excluding tert-OH is 1. The molecule has 0 amide bonds. The summed E-state index contributed by atoms with van der Waals surface area (Å²) in [7, 11) is 0. The van der Waals surface area contributed by atoms with Crippen LogP contribution in [0.25, 0.3) is 28.2 Å². The van der Waals surface area contributed by atoms with Gasteiger partial charge in [0, 0.05) is 18.6 Å². The third kappa shape index (κ3) is 3.09. The van der Waals surface area contributed by atoms with Crippen molar-refractivity contribution in [1.29, 1.82) is 0 Å². The summed E-state index contributed by atoms with van der Waals surface area (Å²) in [6.45, 7) is -0.277. The van der Waals surface area contributed by atoms with Crippen LogP contribution in [0, 0.1) is 0 Å². The van der Waals surface area contributed by atoms with Crippen molar-refractivity contribution in [3.63, 3.8) is 0 Å². The van der Waals surface area contributed by atoms with Crippen LogP contribution in [0.1, 0.15) is 11.1 Å². The number of aromatic amines is 2. The summed E-state index contributed by atoms with van der Waals surface area (Å²) in [5, 5.41) is 12.2. The van der Waals surface area contributed by atoms with E-state index in [9.17, 15) is 23.1 Å². The van der Waals surface area contributed by atoms with Crippen LogP contribution in [-0.4, -0.2) is 31.5 Å². The van der Waals surface area contributed by atoms with Crippen LogP contribution in [0.2, 0.25) is 0 Å². The van der Waals surface area contributed by atoms with Gasteiger partial charge in [-0.05, 0) is 29.8 Å². The SMILES string of the molecule is O=c1c(CCO)c(-c2ccc(C(F)(F)F)cc2)[nH]n1-c1nc2ccccc2[nH]1. The van der Waals surface area contributed by atoms with Crippen LogP contribution in [-0.2, 0) is 12.6 Å². The van der Waals surface area contributed by atoms with E-state index in [0.29, 0.717) is 16.8 Å². The van der Waals surface area contributed by atoms with Crippen molar-refractivity contribution in [3.05, 3.63) is 70.0 Å². The van der Waals surface area contributed by atoms with Gasteiger partial charge in [-0.2, -0.15) is 17.9 Å². The number of nitrogens with one attached hydrogen (secondary N) is 2. The molecular formula is C19H15F3N4O2. The summed E-state index contributed by atoms with van der Waals surface area (Å²) < 4.78 is 39.6. The molecule has 6 nitrogen and oxygen atoms in total. The number of nitrogens with zero attached hydrogens (tertiary/aromatic N) is 2. The highest BCUT2D eigenvalue weighted by Crippen LogP contribution is 2.31. The Morgan fingerprint density at radius 3 is 2.43 bits per heavy atom. The van der Waals surface area contributed by atoms with E-state index >= 15 is 0 Å². The number of para-hydroxylation sites is 2. The second-order valence-electron chi connectivity index (χ2n) is 6.23. The Labute approximate surface area is 156 Å². The summed E-state index contributed by atoms with van der Waals surface area (Å²) in [6, 6.07) is 11.7. The Balaban J connectivity index is 1.84. The molecule has 0 radical (unpaired) electrons. The molecule has 2 aromatic heterocycles. The first kappa shape index (κ1) is 18.1. The molecular weight excluding hydrogens is 373 g/mol. The van der Waals surface area contributed by atoms with Crippen LogP contribution >= 0.6 is 0 Å². The number of aliphatic hydroxyl groups is 1. The molecule has 0 saturated carbocycles. The van der Waals surface area contributed by atoms with Crippen molar-refractivity contribution in [2.45, 2.75) is 12.6 Å². The molecule has 3 N–H and O–H groups in total. The fourth-order valence-corrected chi connectivity index (χ4v) is 3.07. The minimum atomic E-state index is -4.44. The Kier molecular flexibility index (Phi) is 4.31. The Morgan fingerprint density at radius 2 is 1.79 bits per heavy atom. The van der Waals surface area contributed by atoms with Gasteiger partial charge in [0.05, 0.1) is 22.3 Å². The maximum absolute atomic E-state index is 12.8. The molecule has 2 aromatic carbocycles. The average molecular weight is 388 g/mol. The quantitative estimate of drug-likeness (QED) is 0.502. The maximum atomic E-state index is 12.8. The van der Waals surface area contributed by atoms with Crippen molar-refractivity contribution in [2.24, 2.45) is 0 Å². The van der Waals surface area contributed by atoms with E-state index in [-0.39, 0.29) is 24.5 Å². The molecule has 0 aliphatic rings. The number of rotatable bonds is 4. The van der Waals surface area contributed by atoms with Crippen LogP contribution < -0.4 is 5.56 Å². The van der Waals surface area contributed by atoms with Gasteiger partial charge < -0.3 is 10.1 Å². The third-order valence-corrected chi connectivity index (χ3v) is 4.44. The van der Waals surface area contributed by atoms with Crippen molar-refractivity contribution in [2.75, 3.05) is 6.61 Å². The molecule has 0 spiro atoms. The Hall–Kier alpha value is -3.33. The highest BCUT2D eigenvalue weighted by atomic mass is 19.4. The van der Waals surface area contributed by atoms with Crippen LogP contribution in [0.5, 0.6) is 0 Å². The van der Waals surface area contributed by atoms with Gasteiger partial charge in [-0.3, -0.25) is 9.89 Å². The lowest BCUT2D eigenvalue weighted by atomic mass is 10.0. The molecule has 0 aliphatic heterocycles. The van der Waals surface area contributed by atoms with Gasteiger partial charge in [0.25, 0.3) is 5.56 Å². The van der Waals surface area contributed by atoms with E-state index < -0.39 is 17.3 Å². The van der Waals surface area contributed by atoms with Gasteiger partial charge in [0.1, 0.15) is 0 Å². The molecule has 0 bridgehead atoms. The van der Waals surface area contributed by atoms with E-state index in [2.05, 4.69) is 15.1 Å². The number of H-pyrrole nitrogens is 2. The van der Waals surface area contributed by atoms with Crippen LogP contribution in [0.3, 0.4) is 0 Å². The molecule has 0 unspecified atom stereocenters.